The molecule has 1 unspecified atom stereocenters. The quantitative estimate of drug-likeness (QED) is 0.548. The molecule has 0 spiro atoms. The summed E-state index contributed by atoms with van der Waals surface area (Å²) in [7, 11) is 0. The molecule has 0 radical (unpaired) electrons. The highest BCUT2D eigenvalue weighted by Crippen LogP contribution is 2.28. The minimum Gasteiger partial charge on any atom is -0.379 e. The summed E-state index contributed by atoms with van der Waals surface area (Å²) in [5, 5.41) is 11.1. The smallest absolute Gasteiger partial charge is 0.168 e. The Hall–Kier alpha value is -0.680. The van der Waals surface area contributed by atoms with Gasteiger partial charge in [-0.3, -0.25) is 0 Å². The van der Waals surface area contributed by atoms with Crippen LogP contribution in [0.25, 0.3) is 0 Å². The average Bonchev–Trinajstić information content (AvgIpc) is 2.90. The molecule has 5 nitrogen and oxygen atoms in total. The molecule has 2 rings (SSSR count). The van der Waals surface area contributed by atoms with Gasteiger partial charge in [0.25, 0.3) is 0 Å². The maximum atomic E-state index is 5.92. The van der Waals surface area contributed by atoms with E-state index in [9.17, 15) is 0 Å². The average molecular weight is 231 g/mol. The standard InChI is InChI=1S/C9H15ClN4O/c1-7(10)9-11-12-13-14(9)4-5-15-6-8-2-3-8/h7-8H,2-6H2,1H3. The fourth-order valence-electron chi connectivity index (χ4n) is 1.34. The molecule has 0 bridgehead atoms. The van der Waals surface area contributed by atoms with Gasteiger partial charge in [0.1, 0.15) is 0 Å². The third kappa shape index (κ3) is 3.14. The van der Waals surface area contributed by atoms with Gasteiger partial charge in [-0.25, -0.2) is 4.68 Å². The van der Waals surface area contributed by atoms with E-state index in [1.807, 2.05) is 6.92 Å². The van der Waals surface area contributed by atoms with Crippen LogP contribution < -0.4 is 0 Å². The number of hydrogen-bond donors (Lipinski definition) is 0. The first-order valence-electron chi connectivity index (χ1n) is 5.25. The largest absolute Gasteiger partial charge is 0.379 e. The van der Waals surface area contributed by atoms with E-state index in [2.05, 4.69) is 15.5 Å². The van der Waals surface area contributed by atoms with Crippen LogP contribution >= 0.6 is 11.6 Å². The molecule has 0 N–H and O–H groups in total. The first kappa shape index (κ1) is 10.8. The fourth-order valence-corrected chi connectivity index (χ4v) is 1.50. The fraction of sp³-hybridized carbons (Fsp3) is 0.889. The van der Waals surface area contributed by atoms with Crippen molar-refractivity contribution >= 4 is 11.6 Å². The molecule has 1 aliphatic rings. The van der Waals surface area contributed by atoms with Crippen LogP contribution in [0, 0.1) is 5.92 Å². The molecule has 1 aromatic rings. The summed E-state index contributed by atoms with van der Waals surface area (Å²) < 4.78 is 7.21. The van der Waals surface area contributed by atoms with Gasteiger partial charge in [-0.2, -0.15) is 0 Å². The van der Waals surface area contributed by atoms with Crippen LogP contribution in [0.3, 0.4) is 0 Å². The van der Waals surface area contributed by atoms with Crippen LogP contribution in [-0.2, 0) is 11.3 Å². The van der Waals surface area contributed by atoms with Crippen LogP contribution in [0.5, 0.6) is 0 Å². The summed E-state index contributed by atoms with van der Waals surface area (Å²) in [5.74, 6) is 1.50. The van der Waals surface area contributed by atoms with E-state index in [1.165, 1.54) is 12.8 Å². The third-order valence-corrected chi connectivity index (χ3v) is 2.61. The Balaban J connectivity index is 1.73. The van der Waals surface area contributed by atoms with Crippen molar-refractivity contribution < 1.29 is 4.74 Å². The molecular weight excluding hydrogens is 216 g/mol. The highest BCUT2D eigenvalue weighted by molar-refractivity contribution is 6.20. The first-order valence-corrected chi connectivity index (χ1v) is 5.69. The van der Waals surface area contributed by atoms with E-state index >= 15 is 0 Å². The predicted molar refractivity (Wildman–Crippen MR) is 55.6 cm³/mol. The molecular formula is C9H15ClN4O. The number of ether oxygens (including phenoxy) is 1. The summed E-state index contributed by atoms with van der Waals surface area (Å²) in [6.45, 7) is 4.05. The van der Waals surface area contributed by atoms with Gasteiger partial charge in [-0.05, 0) is 36.1 Å². The summed E-state index contributed by atoms with van der Waals surface area (Å²) in [6.07, 6.45) is 2.63. The number of halogens is 1. The SMILES string of the molecule is CC(Cl)c1nnnn1CCOCC1CC1. The van der Waals surface area contributed by atoms with Crippen molar-refractivity contribution in [2.24, 2.45) is 5.92 Å². The molecule has 1 fully saturated rings. The Morgan fingerprint density at radius 2 is 2.40 bits per heavy atom. The molecule has 0 aromatic carbocycles. The highest BCUT2D eigenvalue weighted by Gasteiger charge is 2.21. The predicted octanol–water partition coefficient (Wildman–Crippen LogP) is 1.40. The van der Waals surface area contributed by atoms with Crippen molar-refractivity contribution in [2.75, 3.05) is 13.2 Å². The zero-order chi connectivity index (χ0) is 10.7. The minimum atomic E-state index is -0.163. The van der Waals surface area contributed by atoms with Gasteiger partial charge in [0.2, 0.25) is 0 Å². The number of rotatable bonds is 6. The lowest BCUT2D eigenvalue weighted by Crippen LogP contribution is -2.12. The van der Waals surface area contributed by atoms with Gasteiger partial charge in [-0.1, -0.05) is 0 Å². The van der Waals surface area contributed by atoms with Crippen molar-refractivity contribution in [3.05, 3.63) is 5.82 Å². The van der Waals surface area contributed by atoms with Crippen molar-refractivity contribution in [3.8, 4) is 0 Å². The lowest BCUT2D eigenvalue weighted by Gasteiger charge is -2.06. The summed E-state index contributed by atoms with van der Waals surface area (Å²) in [6, 6.07) is 0. The van der Waals surface area contributed by atoms with Gasteiger partial charge in [0.15, 0.2) is 5.82 Å². The molecule has 1 aromatic heterocycles. The molecule has 1 heterocycles. The van der Waals surface area contributed by atoms with E-state index in [0.717, 1.165) is 12.5 Å². The van der Waals surface area contributed by atoms with Crippen molar-refractivity contribution in [3.63, 3.8) is 0 Å². The van der Waals surface area contributed by atoms with Crippen LogP contribution in [0.15, 0.2) is 0 Å². The summed E-state index contributed by atoms with van der Waals surface area (Å²) in [4.78, 5) is 0. The molecule has 84 valence electrons. The van der Waals surface area contributed by atoms with Crippen LogP contribution in [-0.4, -0.2) is 33.4 Å². The molecule has 1 aliphatic carbocycles. The zero-order valence-corrected chi connectivity index (χ0v) is 9.52. The topological polar surface area (TPSA) is 52.8 Å². The second kappa shape index (κ2) is 4.90. The highest BCUT2D eigenvalue weighted by atomic mass is 35.5. The van der Waals surface area contributed by atoms with Gasteiger partial charge in [0.05, 0.1) is 18.5 Å². The van der Waals surface area contributed by atoms with Crippen molar-refractivity contribution in [2.45, 2.75) is 31.7 Å². The normalized spacial score (nSPS) is 18.0. The molecule has 1 saturated carbocycles. The molecule has 15 heavy (non-hydrogen) atoms. The molecule has 0 amide bonds. The lowest BCUT2D eigenvalue weighted by atomic mass is 10.4. The number of tetrazole rings is 1. The van der Waals surface area contributed by atoms with Crippen LogP contribution in [0.2, 0.25) is 0 Å². The Labute approximate surface area is 93.7 Å². The second-order valence-corrected chi connectivity index (χ2v) is 4.55. The maximum Gasteiger partial charge on any atom is 0.168 e. The number of alkyl halides is 1. The minimum absolute atomic E-state index is 0.163. The Bertz CT molecular complexity index is 311. The Morgan fingerprint density at radius 3 is 3.07 bits per heavy atom. The van der Waals surface area contributed by atoms with Crippen LogP contribution in [0.1, 0.15) is 31.0 Å². The van der Waals surface area contributed by atoms with E-state index < -0.39 is 0 Å². The van der Waals surface area contributed by atoms with Gasteiger partial charge < -0.3 is 4.74 Å². The number of hydrogen-bond acceptors (Lipinski definition) is 4. The van der Waals surface area contributed by atoms with Gasteiger partial charge in [-0.15, -0.1) is 16.7 Å². The molecule has 1 atom stereocenters. The van der Waals surface area contributed by atoms with Crippen molar-refractivity contribution in [1.82, 2.24) is 20.2 Å². The van der Waals surface area contributed by atoms with Gasteiger partial charge in [0, 0.05) is 6.61 Å². The van der Waals surface area contributed by atoms with E-state index in [-0.39, 0.29) is 5.38 Å². The Kier molecular flexibility index (Phi) is 3.53. The third-order valence-electron chi connectivity index (χ3n) is 2.41. The number of nitrogens with zero attached hydrogens (tertiary/aromatic N) is 4. The maximum absolute atomic E-state index is 5.92. The van der Waals surface area contributed by atoms with Crippen molar-refractivity contribution in [1.29, 1.82) is 0 Å². The first-order chi connectivity index (χ1) is 7.27. The lowest BCUT2D eigenvalue weighted by molar-refractivity contribution is 0.113. The summed E-state index contributed by atoms with van der Waals surface area (Å²) >= 11 is 5.92. The molecule has 6 heteroatoms. The van der Waals surface area contributed by atoms with Crippen LogP contribution in [0.4, 0.5) is 0 Å². The number of aromatic nitrogens is 4. The zero-order valence-electron chi connectivity index (χ0n) is 8.77. The van der Waals surface area contributed by atoms with E-state index in [0.29, 0.717) is 19.0 Å². The Morgan fingerprint density at radius 1 is 1.60 bits per heavy atom. The van der Waals surface area contributed by atoms with E-state index in [4.69, 9.17) is 16.3 Å². The molecule has 0 aliphatic heterocycles. The summed E-state index contributed by atoms with van der Waals surface area (Å²) in [5.41, 5.74) is 0. The van der Waals surface area contributed by atoms with E-state index in [1.54, 1.807) is 4.68 Å². The van der Waals surface area contributed by atoms with Gasteiger partial charge >= 0.3 is 0 Å². The monoisotopic (exact) mass is 230 g/mol. The molecule has 0 saturated heterocycles. The second-order valence-electron chi connectivity index (χ2n) is 3.89.